The highest BCUT2D eigenvalue weighted by Crippen LogP contribution is 2.09. The smallest absolute Gasteiger partial charge is 0.119 e. The maximum Gasteiger partial charge on any atom is 0.119 e. The van der Waals surface area contributed by atoms with Gasteiger partial charge in [0.15, 0.2) is 0 Å². The van der Waals surface area contributed by atoms with Gasteiger partial charge in [0.2, 0.25) is 0 Å². The van der Waals surface area contributed by atoms with Crippen molar-refractivity contribution in [1.82, 2.24) is 0 Å². The molecule has 0 spiro atoms. The maximum atomic E-state index is 5.93. The third-order valence-electron chi connectivity index (χ3n) is 2.25. The van der Waals surface area contributed by atoms with Crippen LogP contribution in [0.15, 0.2) is 53.1 Å². The Hall–Kier alpha value is -1.74. The van der Waals surface area contributed by atoms with Crippen LogP contribution >= 0.6 is 0 Å². The van der Waals surface area contributed by atoms with E-state index in [4.69, 9.17) is 14.9 Å². The van der Waals surface area contributed by atoms with E-state index >= 15 is 0 Å². The summed E-state index contributed by atoms with van der Waals surface area (Å²) < 4.78 is 10.8. The lowest BCUT2D eigenvalue weighted by molar-refractivity contribution is 0.282. The summed E-state index contributed by atoms with van der Waals surface area (Å²) in [5.74, 6) is 1.74. The van der Waals surface area contributed by atoms with E-state index in [0.717, 1.165) is 11.5 Å². The van der Waals surface area contributed by atoms with Crippen LogP contribution in [0.3, 0.4) is 0 Å². The van der Waals surface area contributed by atoms with Crippen molar-refractivity contribution in [1.29, 1.82) is 0 Å². The second-order valence-electron chi connectivity index (χ2n) is 3.67. The molecule has 0 radical (unpaired) electrons. The highest BCUT2D eigenvalue weighted by molar-refractivity contribution is 5.21. The second kappa shape index (κ2) is 5.37. The lowest BCUT2D eigenvalue weighted by Crippen LogP contribution is -2.29. The number of nitrogens with two attached hydrogens (primary N) is 1. The van der Waals surface area contributed by atoms with Crippen molar-refractivity contribution >= 4 is 0 Å². The minimum atomic E-state index is -0.0497. The third kappa shape index (κ3) is 3.14. The van der Waals surface area contributed by atoms with Crippen LogP contribution in [0.4, 0.5) is 0 Å². The summed E-state index contributed by atoms with van der Waals surface area (Å²) in [4.78, 5) is 0. The molecule has 0 fully saturated rings. The molecule has 0 aliphatic rings. The molecule has 0 aliphatic carbocycles. The fourth-order valence-electron chi connectivity index (χ4n) is 1.47. The molecule has 1 atom stereocenters. The predicted octanol–water partition coefficient (Wildman–Crippen LogP) is 2.23. The molecule has 1 aromatic carbocycles. The normalized spacial score (nSPS) is 12.3. The first-order valence-electron chi connectivity index (χ1n) is 5.30. The third-order valence-corrected chi connectivity index (χ3v) is 2.25. The van der Waals surface area contributed by atoms with Crippen molar-refractivity contribution in [2.75, 3.05) is 6.61 Å². The van der Waals surface area contributed by atoms with Gasteiger partial charge in [0.05, 0.1) is 6.26 Å². The summed E-state index contributed by atoms with van der Waals surface area (Å²) in [6.07, 6.45) is 2.35. The van der Waals surface area contributed by atoms with Crippen LogP contribution in [0.1, 0.15) is 5.76 Å². The SMILES string of the molecule is NC(COc1ccccc1)Cc1ccco1. The van der Waals surface area contributed by atoms with Crippen molar-refractivity contribution in [2.45, 2.75) is 12.5 Å². The average molecular weight is 217 g/mol. The fourth-order valence-corrected chi connectivity index (χ4v) is 1.47. The Morgan fingerprint density at radius 3 is 2.62 bits per heavy atom. The van der Waals surface area contributed by atoms with Crippen molar-refractivity contribution < 1.29 is 9.15 Å². The van der Waals surface area contributed by atoms with Crippen LogP contribution < -0.4 is 10.5 Å². The van der Waals surface area contributed by atoms with Gasteiger partial charge in [-0.2, -0.15) is 0 Å². The standard InChI is InChI=1S/C13H15NO2/c14-11(9-13-7-4-8-15-13)10-16-12-5-2-1-3-6-12/h1-8,11H,9-10,14H2. The van der Waals surface area contributed by atoms with Crippen molar-refractivity contribution in [3.8, 4) is 5.75 Å². The van der Waals surface area contributed by atoms with Crippen molar-refractivity contribution in [3.05, 3.63) is 54.5 Å². The van der Waals surface area contributed by atoms with E-state index in [1.807, 2.05) is 42.5 Å². The molecular formula is C13H15NO2. The highest BCUT2D eigenvalue weighted by Gasteiger charge is 2.06. The zero-order chi connectivity index (χ0) is 11.2. The van der Waals surface area contributed by atoms with Gasteiger partial charge in [-0.1, -0.05) is 18.2 Å². The Kier molecular flexibility index (Phi) is 3.62. The van der Waals surface area contributed by atoms with E-state index in [1.165, 1.54) is 0 Å². The Morgan fingerprint density at radius 2 is 1.94 bits per heavy atom. The number of rotatable bonds is 5. The predicted molar refractivity (Wildman–Crippen MR) is 62.3 cm³/mol. The quantitative estimate of drug-likeness (QED) is 0.835. The average Bonchev–Trinajstić information content (AvgIpc) is 2.81. The molecule has 84 valence electrons. The van der Waals surface area contributed by atoms with E-state index in [-0.39, 0.29) is 6.04 Å². The molecule has 1 heterocycles. The van der Waals surface area contributed by atoms with Crippen LogP contribution in [-0.4, -0.2) is 12.6 Å². The topological polar surface area (TPSA) is 48.4 Å². The molecular weight excluding hydrogens is 202 g/mol. The van der Waals surface area contributed by atoms with Gasteiger partial charge < -0.3 is 14.9 Å². The van der Waals surface area contributed by atoms with Gasteiger partial charge >= 0.3 is 0 Å². The molecule has 0 amide bonds. The molecule has 0 saturated carbocycles. The van der Waals surface area contributed by atoms with Gasteiger partial charge in [-0.15, -0.1) is 0 Å². The number of hydrogen-bond donors (Lipinski definition) is 1. The van der Waals surface area contributed by atoms with Crippen LogP contribution in [0.2, 0.25) is 0 Å². The summed E-state index contributed by atoms with van der Waals surface area (Å²) in [6, 6.07) is 13.4. The lowest BCUT2D eigenvalue weighted by atomic mass is 10.2. The van der Waals surface area contributed by atoms with Crippen LogP contribution in [0.25, 0.3) is 0 Å². The summed E-state index contributed by atoms with van der Waals surface area (Å²) in [5.41, 5.74) is 5.93. The first-order valence-corrected chi connectivity index (χ1v) is 5.30. The molecule has 2 rings (SSSR count). The Balaban J connectivity index is 1.78. The zero-order valence-corrected chi connectivity index (χ0v) is 9.00. The second-order valence-corrected chi connectivity index (χ2v) is 3.67. The number of ether oxygens (including phenoxy) is 1. The Labute approximate surface area is 94.8 Å². The van der Waals surface area contributed by atoms with E-state index < -0.39 is 0 Å². The van der Waals surface area contributed by atoms with Crippen LogP contribution in [0, 0.1) is 0 Å². The van der Waals surface area contributed by atoms with Crippen LogP contribution in [-0.2, 0) is 6.42 Å². The minimum absolute atomic E-state index is 0.0497. The number of para-hydroxylation sites is 1. The van der Waals surface area contributed by atoms with Crippen LogP contribution in [0.5, 0.6) is 5.75 Å². The van der Waals surface area contributed by atoms with Gasteiger partial charge in [0.1, 0.15) is 18.1 Å². The molecule has 0 saturated heterocycles. The van der Waals surface area contributed by atoms with Gasteiger partial charge in [0, 0.05) is 12.5 Å². The molecule has 1 unspecified atom stereocenters. The molecule has 2 aromatic rings. The Morgan fingerprint density at radius 1 is 1.12 bits per heavy atom. The largest absolute Gasteiger partial charge is 0.492 e. The molecule has 1 aromatic heterocycles. The van der Waals surface area contributed by atoms with Gasteiger partial charge in [-0.05, 0) is 24.3 Å². The van der Waals surface area contributed by atoms with E-state index in [1.54, 1.807) is 6.26 Å². The van der Waals surface area contributed by atoms with Gasteiger partial charge in [0.25, 0.3) is 0 Å². The van der Waals surface area contributed by atoms with E-state index in [0.29, 0.717) is 13.0 Å². The number of furan rings is 1. The summed E-state index contributed by atoms with van der Waals surface area (Å²) in [7, 11) is 0. The lowest BCUT2D eigenvalue weighted by Gasteiger charge is -2.11. The molecule has 3 heteroatoms. The summed E-state index contributed by atoms with van der Waals surface area (Å²) in [6.45, 7) is 0.491. The maximum absolute atomic E-state index is 5.93. The minimum Gasteiger partial charge on any atom is -0.492 e. The number of hydrogen-bond acceptors (Lipinski definition) is 3. The van der Waals surface area contributed by atoms with Crippen molar-refractivity contribution in [3.63, 3.8) is 0 Å². The van der Waals surface area contributed by atoms with Gasteiger partial charge in [-0.3, -0.25) is 0 Å². The fraction of sp³-hybridized carbons (Fsp3) is 0.231. The van der Waals surface area contributed by atoms with Crippen molar-refractivity contribution in [2.24, 2.45) is 5.73 Å². The summed E-state index contributed by atoms with van der Waals surface area (Å²) >= 11 is 0. The summed E-state index contributed by atoms with van der Waals surface area (Å²) in [5, 5.41) is 0. The Bertz CT molecular complexity index is 397. The first kappa shape index (κ1) is 10.8. The molecule has 2 N–H and O–H groups in total. The first-order chi connectivity index (χ1) is 7.84. The monoisotopic (exact) mass is 217 g/mol. The molecule has 0 bridgehead atoms. The number of benzene rings is 1. The zero-order valence-electron chi connectivity index (χ0n) is 9.00. The molecule has 0 aliphatic heterocycles. The molecule has 3 nitrogen and oxygen atoms in total. The van der Waals surface area contributed by atoms with E-state index in [9.17, 15) is 0 Å². The van der Waals surface area contributed by atoms with E-state index in [2.05, 4.69) is 0 Å². The highest BCUT2D eigenvalue weighted by atomic mass is 16.5. The molecule has 16 heavy (non-hydrogen) atoms. The van der Waals surface area contributed by atoms with Gasteiger partial charge in [-0.25, -0.2) is 0 Å².